The number of H-pyrrole nitrogens is 1. The fourth-order valence-corrected chi connectivity index (χ4v) is 4.04. The van der Waals surface area contributed by atoms with E-state index in [0.29, 0.717) is 24.2 Å². The van der Waals surface area contributed by atoms with E-state index < -0.39 is 22.9 Å². The number of Topliss-reactive ketones (excluding diaryl/α,β-unsaturated/α-hetero) is 1. The van der Waals surface area contributed by atoms with E-state index in [2.05, 4.69) is 10.1 Å². The molecule has 3 aromatic rings. The zero-order valence-electron chi connectivity index (χ0n) is 20.8. The van der Waals surface area contributed by atoms with Crippen molar-refractivity contribution < 1.29 is 9.59 Å². The van der Waals surface area contributed by atoms with Crippen LogP contribution in [0.25, 0.3) is 5.69 Å². The molecule has 0 radical (unpaired) electrons. The largest absolute Gasteiger partial charge is 0.383 e. The molecule has 0 aliphatic carbocycles. The Labute approximate surface area is 203 Å². The predicted molar refractivity (Wildman–Crippen MR) is 135 cm³/mol. The summed E-state index contributed by atoms with van der Waals surface area (Å²) >= 11 is 0. The molecule has 2 heterocycles. The number of nitrogens with two attached hydrogens (primary N) is 1. The minimum absolute atomic E-state index is 0.0595. The van der Waals surface area contributed by atoms with E-state index >= 15 is 0 Å². The molecule has 0 saturated carbocycles. The Morgan fingerprint density at radius 2 is 1.80 bits per heavy atom. The summed E-state index contributed by atoms with van der Waals surface area (Å²) in [6, 6.07) is 9.28. The molecular formula is C25H32N6O4. The quantitative estimate of drug-likeness (QED) is 0.357. The maximum absolute atomic E-state index is 13.6. The maximum atomic E-state index is 13.6. The minimum atomic E-state index is -0.899. The molecular weight excluding hydrogens is 448 g/mol. The third-order valence-corrected chi connectivity index (χ3v) is 5.73. The number of rotatable bonds is 9. The topological polar surface area (TPSA) is 136 Å². The molecule has 0 aliphatic rings. The SMILES string of the molecule is CCCCN(C(=O)C(=O)c1c(C)nn(-c2ccccc2)c1C)c1c(N)n(CC(C)C)c(=O)[nH]c1=O. The molecule has 0 bridgehead atoms. The number of hydrogen-bond acceptors (Lipinski definition) is 6. The highest BCUT2D eigenvalue weighted by Gasteiger charge is 2.32. The number of carbonyl (C=O) groups excluding carboxylic acids is 2. The van der Waals surface area contributed by atoms with Gasteiger partial charge in [-0.15, -0.1) is 0 Å². The molecule has 2 aromatic heterocycles. The Balaban J connectivity index is 2.10. The number of unbranched alkanes of at least 4 members (excludes halogenated alkanes) is 1. The Morgan fingerprint density at radius 3 is 2.40 bits per heavy atom. The van der Waals surface area contributed by atoms with Gasteiger partial charge in [-0.25, -0.2) is 9.48 Å². The van der Waals surface area contributed by atoms with Gasteiger partial charge < -0.3 is 5.73 Å². The monoisotopic (exact) mass is 480 g/mol. The van der Waals surface area contributed by atoms with E-state index in [1.165, 1.54) is 4.57 Å². The Kier molecular flexibility index (Phi) is 7.73. The van der Waals surface area contributed by atoms with Gasteiger partial charge in [0.1, 0.15) is 5.82 Å². The fraction of sp³-hybridized carbons (Fsp3) is 0.400. The average molecular weight is 481 g/mol. The molecule has 35 heavy (non-hydrogen) atoms. The maximum Gasteiger partial charge on any atom is 0.330 e. The van der Waals surface area contributed by atoms with Crippen LogP contribution in [-0.2, 0) is 11.3 Å². The van der Waals surface area contributed by atoms with E-state index in [1.807, 2.05) is 51.1 Å². The molecule has 10 nitrogen and oxygen atoms in total. The van der Waals surface area contributed by atoms with Crippen molar-refractivity contribution in [3.05, 3.63) is 68.1 Å². The first-order chi connectivity index (χ1) is 16.6. The van der Waals surface area contributed by atoms with E-state index in [-0.39, 0.29) is 36.1 Å². The normalized spacial score (nSPS) is 11.1. The van der Waals surface area contributed by atoms with Crippen molar-refractivity contribution in [3.8, 4) is 5.69 Å². The first-order valence-corrected chi connectivity index (χ1v) is 11.7. The predicted octanol–water partition coefficient (Wildman–Crippen LogP) is 2.59. The van der Waals surface area contributed by atoms with Crippen LogP contribution in [0.2, 0.25) is 0 Å². The second-order valence-corrected chi connectivity index (χ2v) is 8.93. The third-order valence-electron chi connectivity index (χ3n) is 5.73. The highest BCUT2D eigenvalue weighted by Crippen LogP contribution is 2.23. The van der Waals surface area contributed by atoms with Crippen molar-refractivity contribution in [3.63, 3.8) is 0 Å². The lowest BCUT2D eigenvalue weighted by Crippen LogP contribution is -2.44. The summed E-state index contributed by atoms with van der Waals surface area (Å²) in [5.41, 5.74) is 6.42. The number of ketones is 1. The fourth-order valence-electron chi connectivity index (χ4n) is 4.04. The molecule has 0 atom stereocenters. The van der Waals surface area contributed by atoms with Crippen LogP contribution in [0, 0.1) is 19.8 Å². The molecule has 1 aromatic carbocycles. The van der Waals surface area contributed by atoms with Crippen LogP contribution in [0.4, 0.5) is 11.5 Å². The van der Waals surface area contributed by atoms with Gasteiger partial charge in [0.2, 0.25) is 0 Å². The van der Waals surface area contributed by atoms with Gasteiger partial charge in [0.15, 0.2) is 5.69 Å². The van der Waals surface area contributed by atoms with E-state index in [1.54, 1.807) is 18.5 Å². The number of amides is 1. The number of aromatic amines is 1. The van der Waals surface area contributed by atoms with Crippen LogP contribution in [0.15, 0.2) is 39.9 Å². The van der Waals surface area contributed by atoms with Gasteiger partial charge in [-0.05, 0) is 38.3 Å². The zero-order valence-corrected chi connectivity index (χ0v) is 20.8. The molecule has 3 rings (SSSR count). The number of nitrogen functional groups attached to an aromatic ring is 1. The van der Waals surface area contributed by atoms with Crippen molar-refractivity contribution in [2.75, 3.05) is 17.2 Å². The van der Waals surface area contributed by atoms with E-state index in [0.717, 1.165) is 10.6 Å². The summed E-state index contributed by atoms with van der Waals surface area (Å²) in [5, 5.41) is 4.46. The molecule has 3 N–H and O–H groups in total. The standard InChI is InChI=1S/C25H32N6O4/c1-6-7-13-29(20-22(26)30(14-15(2)3)25(35)27-23(20)33)24(34)21(32)19-16(4)28-31(17(19)5)18-11-9-8-10-12-18/h8-12,15H,6-7,13-14,26H2,1-5H3,(H,27,33,35). The molecule has 0 fully saturated rings. The summed E-state index contributed by atoms with van der Waals surface area (Å²) in [5.74, 6) is -1.77. The number of aryl methyl sites for hydroxylation is 1. The van der Waals surface area contributed by atoms with Gasteiger partial charge in [-0.2, -0.15) is 5.10 Å². The minimum Gasteiger partial charge on any atom is -0.383 e. The summed E-state index contributed by atoms with van der Waals surface area (Å²) < 4.78 is 2.83. The number of nitrogens with zero attached hydrogens (tertiary/aromatic N) is 4. The third kappa shape index (κ3) is 5.11. The highest BCUT2D eigenvalue weighted by atomic mass is 16.2. The van der Waals surface area contributed by atoms with Crippen LogP contribution in [0.5, 0.6) is 0 Å². The first-order valence-electron chi connectivity index (χ1n) is 11.7. The summed E-state index contributed by atoms with van der Waals surface area (Å²) in [7, 11) is 0. The zero-order chi connectivity index (χ0) is 25.9. The number of anilines is 2. The van der Waals surface area contributed by atoms with Gasteiger partial charge in [0.05, 0.1) is 22.6 Å². The lowest BCUT2D eigenvalue weighted by molar-refractivity contribution is -0.114. The Hall–Kier alpha value is -3.95. The highest BCUT2D eigenvalue weighted by molar-refractivity contribution is 6.47. The van der Waals surface area contributed by atoms with Crippen LogP contribution in [-0.4, -0.2) is 37.6 Å². The second-order valence-electron chi connectivity index (χ2n) is 8.93. The van der Waals surface area contributed by atoms with Gasteiger partial charge in [-0.3, -0.25) is 28.8 Å². The smallest absolute Gasteiger partial charge is 0.330 e. The first kappa shape index (κ1) is 25.7. The van der Waals surface area contributed by atoms with E-state index in [4.69, 9.17) is 5.73 Å². The van der Waals surface area contributed by atoms with Gasteiger partial charge in [0, 0.05) is 13.1 Å². The summed E-state index contributed by atoms with van der Waals surface area (Å²) in [6.07, 6.45) is 1.24. The summed E-state index contributed by atoms with van der Waals surface area (Å²) in [4.78, 5) is 55.6. The number of carbonyl (C=O) groups is 2. The number of hydrogen-bond donors (Lipinski definition) is 2. The number of para-hydroxylation sites is 1. The van der Waals surface area contributed by atoms with Crippen LogP contribution >= 0.6 is 0 Å². The summed E-state index contributed by atoms with van der Waals surface area (Å²) in [6.45, 7) is 9.45. The van der Waals surface area contributed by atoms with Crippen LogP contribution < -0.4 is 21.9 Å². The van der Waals surface area contributed by atoms with Crippen molar-refractivity contribution >= 4 is 23.2 Å². The van der Waals surface area contributed by atoms with Crippen molar-refractivity contribution in [1.82, 2.24) is 19.3 Å². The molecule has 10 heteroatoms. The second kappa shape index (κ2) is 10.5. The number of nitrogens with one attached hydrogen (secondary N) is 1. The van der Waals surface area contributed by atoms with Crippen molar-refractivity contribution in [2.45, 2.75) is 54.0 Å². The molecule has 0 aliphatic heterocycles. The molecule has 0 unspecified atom stereocenters. The van der Waals surface area contributed by atoms with Gasteiger partial charge >= 0.3 is 5.69 Å². The molecule has 0 saturated heterocycles. The number of benzene rings is 1. The Morgan fingerprint density at radius 1 is 1.14 bits per heavy atom. The number of aromatic nitrogens is 4. The van der Waals surface area contributed by atoms with Crippen LogP contribution in [0.3, 0.4) is 0 Å². The van der Waals surface area contributed by atoms with Crippen LogP contribution in [0.1, 0.15) is 55.4 Å². The lowest BCUT2D eigenvalue weighted by atomic mass is 10.1. The van der Waals surface area contributed by atoms with Gasteiger partial charge in [0.25, 0.3) is 17.2 Å². The molecule has 0 spiro atoms. The molecule has 186 valence electrons. The van der Waals surface area contributed by atoms with Crippen molar-refractivity contribution in [2.24, 2.45) is 5.92 Å². The lowest BCUT2D eigenvalue weighted by Gasteiger charge is -2.24. The molecule has 1 amide bonds. The van der Waals surface area contributed by atoms with E-state index in [9.17, 15) is 19.2 Å². The van der Waals surface area contributed by atoms with Gasteiger partial charge in [-0.1, -0.05) is 45.4 Å². The Bertz CT molecular complexity index is 1350. The van der Waals surface area contributed by atoms with Crippen molar-refractivity contribution in [1.29, 1.82) is 0 Å². The average Bonchev–Trinajstić information content (AvgIpc) is 3.11.